The summed E-state index contributed by atoms with van der Waals surface area (Å²) in [7, 11) is 0. The molecule has 25 heavy (non-hydrogen) atoms. The number of carbonyl (C=O) groups is 1. The van der Waals surface area contributed by atoms with Gasteiger partial charge in [0.05, 0.1) is 5.02 Å². The summed E-state index contributed by atoms with van der Waals surface area (Å²) in [5, 5.41) is 0.0764. The maximum atomic E-state index is 11.7. The Morgan fingerprint density at radius 2 is 1.76 bits per heavy atom. The van der Waals surface area contributed by atoms with Gasteiger partial charge in [0, 0.05) is 0 Å². The SMILES string of the molecule is CCCCCCCCC(Oc1ccc(C(C)(C)CC)cc1Cl)C(=O)Cl. The van der Waals surface area contributed by atoms with Gasteiger partial charge in [-0.2, -0.15) is 0 Å². The molecule has 0 aliphatic rings. The van der Waals surface area contributed by atoms with E-state index in [0.717, 1.165) is 24.8 Å². The molecular formula is C21H32Cl2O2. The predicted molar refractivity (Wildman–Crippen MR) is 108 cm³/mol. The topological polar surface area (TPSA) is 26.3 Å². The number of unbranched alkanes of at least 4 members (excludes halogenated alkanes) is 5. The van der Waals surface area contributed by atoms with Gasteiger partial charge in [-0.1, -0.05) is 77.5 Å². The van der Waals surface area contributed by atoms with Crippen LogP contribution in [0.3, 0.4) is 0 Å². The van der Waals surface area contributed by atoms with Crippen molar-refractivity contribution in [1.82, 2.24) is 0 Å². The van der Waals surface area contributed by atoms with Crippen LogP contribution < -0.4 is 4.74 Å². The maximum Gasteiger partial charge on any atom is 0.262 e. The van der Waals surface area contributed by atoms with Crippen LogP contribution in [0.5, 0.6) is 5.75 Å². The van der Waals surface area contributed by atoms with Crippen LogP contribution in [0.25, 0.3) is 0 Å². The first kappa shape index (κ1) is 22.3. The molecular weight excluding hydrogens is 355 g/mol. The smallest absolute Gasteiger partial charge is 0.262 e. The Kier molecular flexibility index (Phi) is 9.89. The molecule has 0 aliphatic heterocycles. The van der Waals surface area contributed by atoms with Crippen LogP contribution in [-0.2, 0) is 10.2 Å². The molecule has 142 valence electrons. The molecule has 0 fully saturated rings. The second-order valence-corrected chi connectivity index (χ2v) is 8.13. The first-order valence-electron chi connectivity index (χ1n) is 9.47. The molecule has 0 radical (unpaired) electrons. The lowest BCUT2D eigenvalue weighted by Gasteiger charge is -2.24. The molecule has 1 aromatic carbocycles. The third-order valence-electron chi connectivity index (χ3n) is 4.94. The molecule has 0 aliphatic carbocycles. The Morgan fingerprint density at radius 1 is 1.12 bits per heavy atom. The standard InChI is InChI=1S/C21H32Cl2O2/c1-5-7-8-9-10-11-12-19(20(23)24)25-18-14-13-16(15-17(18)22)21(3,4)6-2/h13-15,19H,5-12H2,1-4H3. The second-order valence-electron chi connectivity index (χ2n) is 7.35. The summed E-state index contributed by atoms with van der Waals surface area (Å²) in [6, 6.07) is 5.80. The first-order valence-corrected chi connectivity index (χ1v) is 10.2. The third-order valence-corrected chi connectivity index (χ3v) is 5.48. The summed E-state index contributed by atoms with van der Waals surface area (Å²) in [6.07, 6.45) is 8.00. The molecule has 1 rings (SSSR count). The van der Waals surface area contributed by atoms with Crippen LogP contribution in [0, 0.1) is 0 Å². The van der Waals surface area contributed by atoms with Gasteiger partial charge in [0.25, 0.3) is 5.24 Å². The molecule has 0 N–H and O–H groups in total. The van der Waals surface area contributed by atoms with Crippen molar-refractivity contribution >= 4 is 28.4 Å². The van der Waals surface area contributed by atoms with Crippen LogP contribution in [0.4, 0.5) is 0 Å². The van der Waals surface area contributed by atoms with Crippen LogP contribution in [-0.4, -0.2) is 11.3 Å². The minimum absolute atomic E-state index is 0.0579. The van der Waals surface area contributed by atoms with E-state index in [2.05, 4.69) is 27.7 Å². The van der Waals surface area contributed by atoms with E-state index in [1.807, 2.05) is 18.2 Å². The Bertz CT molecular complexity index is 541. The molecule has 0 saturated carbocycles. The van der Waals surface area contributed by atoms with E-state index < -0.39 is 11.3 Å². The zero-order chi connectivity index (χ0) is 18.9. The average molecular weight is 387 g/mol. The van der Waals surface area contributed by atoms with Gasteiger partial charge < -0.3 is 4.74 Å². The molecule has 1 atom stereocenters. The van der Waals surface area contributed by atoms with Crippen molar-refractivity contribution in [3.63, 3.8) is 0 Å². The lowest BCUT2D eigenvalue weighted by Crippen LogP contribution is -2.24. The summed E-state index contributed by atoms with van der Waals surface area (Å²) < 4.78 is 5.82. The number of ether oxygens (including phenoxy) is 1. The van der Waals surface area contributed by atoms with Gasteiger partial charge in [-0.25, -0.2) is 0 Å². The molecule has 1 aromatic rings. The average Bonchev–Trinajstić information content (AvgIpc) is 2.57. The van der Waals surface area contributed by atoms with Crippen molar-refractivity contribution in [2.24, 2.45) is 0 Å². The number of carbonyl (C=O) groups excluding carboxylic acids is 1. The third kappa shape index (κ3) is 7.58. The van der Waals surface area contributed by atoms with Crippen molar-refractivity contribution in [3.8, 4) is 5.75 Å². The van der Waals surface area contributed by atoms with E-state index in [-0.39, 0.29) is 5.41 Å². The number of rotatable bonds is 12. The van der Waals surface area contributed by atoms with E-state index in [0.29, 0.717) is 17.2 Å². The number of halogens is 2. The normalized spacial score (nSPS) is 12.9. The molecule has 0 spiro atoms. The van der Waals surface area contributed by atoms with Crippen molar-refractivity contribution in [2.45, 2.75) is 90.6 Å². The van der Waals surface area contributed by atoms with Gasteiger partial charge in [0.15, 0.2) is 6.10 Å². The van der Waals surface area contributed by atoms with Gasteiger partial charge in [-0.15, -0.1) is 0 Å². The van der Waals surface area contributed by atoms with Crippen molar-refractivity contribution < 1.29 is 9.53 Å². The lowest BCUT2D eigenvalue weighted by atomic mass is 9.82. The van der Waals surface area contributed by atoms with E-state index in [4.69, 9.17) is 27.9 Å². The summed E-state index contributed by atoms with van der Waals surface area (Å²) in [5.74, 6) is 0.530. The van der Waals surface area contributed by atoms with Gasteiger partial charge in [-0.05, 0) is 54.0 Å². The molecule has 4 heteroatoms. The van der Waals surface area contributed by atoms with Gasteiger partial charge in [0.2, 0.25) is 0 Å². The number of benzene rings is 1. The van der Waals surface area contributed by atoms with Gasteiger partial charge in [-0.3, -0.25) is 4.79 Å². The number of hydrogen-bond acceptors (Lipinski definition) is 2. The zero-order valence-corrected chi connectivity index (χ0v) is 17.6. The molecule has 0 saturated heterocycles. The van der Waals surface area contributed by atoms with E-state index in [9.17, 15) is 4.79 Å². The Balaban J connectivity index is 2.65. The highest BCUT2D eigenvalue weighted by Crippen LogP contribution is 2.34. The highest BCUT2D eigenvalue weighted by Gasteiger charge is 2.22. The molecule has 0 amide bonds. The summed E-state index contributed by atoms with van der Waals surface area (Å²) in [4.78, 5) is 11.7. The minimum atomic E-state index is -0.629. The predicted octanol–water partition coefficient (Wildman–Crippen LogP) is 7.29. The summed E-state index contributed by atoms with van der Waals surface area (Å²) in [5.41, 5.74) is 1.22. The highest BCUT2D eigenvalue weighted by molar-refractivity contribution is 6.64. The Labute approximate surface area is 163 Å². The Hall–Kier alpha value is -0.730. The zero-order valence-electron chi connectivity index (χ0n) is 16.0. The summed E-state index contributed by atoms with van der Waals surface area (Å²) >= 11 is 12.1. The monoisotopic (exact) mass is 386 g/mol. The van der Waals surface area contributed by atoms with Crippen LogP contribution >= 0.6 is 23.2 Å². The van der Waals surface area contributed by atoms with Crippen LogP contribution in [0.2, 0.25) is 5.02 Å². The fourth-order valence-electron chi connectivity index (χ4n) is 2.70. The second kappa shape index (κ2) is 11.1. The molecule has 1 unspecified atom stereocenters. The quantitative estimate of drug-likeness (QED) is 0.278. The molecule has 0 bridgehead atoms. The minimum Gasteiger partial charge on any atom is -0.480 e. The van der Waals surface area contributed by atoms with Crippen LogP contribution in [0.1, 0.15) is 84.6 Å². The van der Waals surface area contributed by atoms with E-state index in [1.165, 1.54) is 25.7 Å². The first-order chi connectivity index (χ1) is 11.8. The van der Waals surface area contributed by atoms with E-state index >= 15 is 0 Å². The Morgan fingerprint density at radius 3 is 2.32 bits per heavy atom. The van der Waals surface area contributed by atoms with E-state index in [1.54, 1.807) is 0 Å². The van der Waals surface area contributed by atoms with Crippen molar-refractivity contribution in [1.29, 1.82) is 0 Å². The van der Waals surface area contributed by atoms with Crippen molar-refractivity contribution in [2.75, 3.05) is 0 Å². The van der Waals surface area contributed by atoms with Crippen LogP contribution in [0.15, 0.2) is 18.2 Å². The highest BCUT2D eigenvalue weighted by atomic mass is 35.5. The van der Waals surface area contributed by atoms with Gasteiger partial charge in [0.1, 0.15) is 5.75 Å². The van der Waals surface area contributed by atoms with Crippen molar-refractivity contribution in [3.05, 3.63) is 28.8 Å². The van der Waals surface area contributed by atoms with Gasteiger partial charge >= 0.3 is 0 Å². The molecule has 2 nitrogen and oxygen atoms in total. The molecule has 0 heterocycles. The lowest BCUT2D eigenvalue weighted by molar-refractivity contribution is -0.118. The maximum absolute atomic E-state index is 11.7. The fraction of sp³-hybridized carbons (Fsp3) is 0.667. The molecule has 0 aromatic heterocycles. The fourth-order valence-corrected chi connectivity index (χ4v) is 3.08. The number of hydrogen-bond donors (Lipinski definition) is 0. The largest absolute Gasteiger partial charge is 0.480 e. The summed E-state index contributed by atoms with van der Waals surface area (Å²) in [6.45, 7) is 8.72.